The minimum atomic E-state index is 1.22. The van der Waals surface area contributed by atoms with Crippen molar-refractivity contribution in [1.29, 1.82) is 0 Å². The first-order valence-electron chi connectivity index (χ1n) is 11.6. The van der Waals surface area contributed by atoms with Crippen molar-refractivity contribution in [1.82, 2.24) is 4.90 Å². The maximum Gasteiger partial charge on any atom is -0.00190 e. The maximum atomic E-state index is 2.55. The second-order valence-corrected chi connectivity index (χ2v) is 7.68. The average molecular weight is 340 g/mol. The van der Waals surface area contributed by atoms with Gasteiger partial charge in [0.25, 0.3) is 0 Å². The van der Waals surface area contributed by atoms with Crippen LogP contribution in [-0.2, 0) is 0 Å². The predicted molar refractivity (Wildman–Crippen MR) is 112 cm³/mol. The SMILES string of the molecule is CCCCCCCCCCCCCCCCCCCN(CC)CC. The highest BCUT2D eigenvalue weighted by Gasteiger charge is 1.98. The van der Waals surface area contributed by atoms with Gasteiger partial charge >= 0.3 is 0 Å². The van der Waals surface area contributed by atoms with E-state index < -0.39 is 0 Å². The largest absolute Gasteiger partial charge is 0.304 e. The molecule has 1 heteroatoms. The Labute approximate surface area is 155 Å². The molecule has 0 aliphatic rings. The molecule has 0 amide bonds. The van der Waals surface area contributed by atoms with Crippen LogP contribution in [0.3, 0.4) is 0 Å². The Morgan fingerprint density at radius 2 is 0.667 bits per heavy atom. The highest BCUT2D eigenvalue weighted by atomic mass is 15.1. The van der Waals surface area contributed by atoms with Crippen molar-refractivity contribution >= 4 is 0 Å². The van der Waals surface area contributed by atoms with Gasteiger partial charge in [0, 0.05) is 0 Å². The third-order valence-electron chi connectivity index (χ3n) is 5.47. The third-order valence-corrected chi connectivity index (χ3v) is 5.47. The lowest BCUT2D eigenvalue weighted by atomic mass is 10.0. The number of hydrogen-bond donors (Lipinski definition) is 0. The van der Waals surface area contributed by atoms with E-state index in [1.54, 1.807) is 0 Å². The Kier molecular flexibility index (Phi) is 21.0. The lowest BCUT2D eigenvalue weighted by molar-refractivity contribution is 0.295. The van der Waals surface area contributed by atoms with E-state index in [1.165, 1.54) is 129 Å². The summed E-state index contributed by atoms with van der Waals surface area (Å²) in [5, 5.41) is 0. The second-order valence-electron chi connectivity index (χ2n) is 7.68. The van der Waals surface area contributed by atoms with Crippen molar-refractivity contribution in [2.24, 2.45) is 0 Å². The van der Waals surface area contributed by atoms with Crippen molar-refractivity contribution in [3.63, 3.8) is 0 Å². The molecular formula is C23H49N. The van der Waals surface area contributed by atoms with Gasteiger partial charge in [0.05, 0.1) is 0 Å². The van der Waals surface area contributed by atoms with Crippen molar-refractivity contribution in [2.45, 2.75) is 130 Å². The van der Waals surface area contributed by atoms with Crippen LogP contribution in [0.4, 0.5) is 0 Å². The van der Waals surface area contributed by atoms with E-state index in [9.17, 15) is 0 Å². The lowest BCUT2D eigenvalue weighted by Gasteiger charge is -2.17. The molecule has 0 saturated carbocycles. The molecule has 0 aromatic heterocycles. The van der Waals surface area contributed by atoms with Gasteiger partial charge in [-0.3, -0.25) is 0 Å². The third kappa shape index (κ3) is 18.3. The molecule has 0 fully saturated rings. The van der Waals surface area contributed by atoms with E-state index in [4.69, 9.17) is 0 Å². The van der Waals surface area contributed by atoms with Crippen LogP contribution in [0.25, 0.3) is 0 Å². The van der Waals surface area contributed by atoms with Gasteiger partial charge in [0.2, 0.25) is 0 Å². The van der Waals surface area contributed by atoms with Gasteiger partial charge in [0.15, 0.2) is 0 Å². The molecule has 0 aromatic rings. The molecule has 24 heavy (non-hydrogen) atoms. The van der Waals surface area contributed by atoms with Crippen LogP contribution in [0.1, 0.15) is 130 Å². The van der Waals surface area contributed by atoms with Crippen molar-refractivity contribution < 1.29 is 0 Å². The molecule has 0 bridgehead atoms. The molecule has 0 aliphatic carbocycles. The van der Waals surface area contributed by atoms with E-state index in [0.29, 0.717) is 0 Å². The molecule has 0 saturated heterocycles. The van der Waals surface area contributed by atoms with Crippen molar-refractivity contribution in [3.05, 3.63) is 0 Å². The highest BCUT2D eigenvalue weighted by molar-refractivity contribution is 4.54. The summed E-state index contributed by atoms with van der Waals surface area (Å²) in [6.45, 7) is 10.6. The summed E-state index contributed by atoms with van der Waals surface area (Å²) in [7, 11) is 0. The zero-order chi connectivity index (χ0) is 17.7. The van der Waals surface area contributed by atoms with Crippen LogP contribution in [0.2, 0.25) is 0 Å². The standard InChI is InChI=1S/C23H49N/c1-4-7-8-9-10-11-12-13-14-15-16-17-18-19-20-21-22-23-24(5-2)6-3/h4-23H2,1-3H3. The molecule has 0 N–H and O–H groups in total. The van der Waals surface area contributed by atoms with Crippen LogP contribution in [0.5, 0.6) is 0 Å². The number of hydrogen-bond acceptors (Lipinski definition) is 1. The quantitative estimate of drug-likeness (QED) is 0.203. The minimum absolute atomic E-state index is 1.22. The summed E-state index contributed by atoms with van der Waals surface area (Å²) in [5.41, 5.74) is 0. The molecule has 0 heterocycles. The fraction of sp³-hybridized carbons (Fsp3) is 1.00. The predicted octanol–water partition coefficient (Wildman–Crippen LogP) is 7.98. The smallest absolute Gasteiger partial charge is 0.00190 e. The monoisotopic (exact) mass is 339 g/mol. The van der Waals surface area contributed by atoms with E-state index in [1.807, 2.05) is 0 Å². The molecule has 0 aromatic carbocycles. The van der Waals surface area contributed by atoms with Crippen LogP contribution >= 0.6 is 0 Å². The summed E-state index contributed by atoms with van der Waals surface area (Å²) in [5.74, 6) is 0. The molecule has 0 rings (SSSR count). The molecule has 0 aliphatic heterocycles. The Balaban J connectivity index is 3.03. The van der Waals surface area contributed by atoms with Gasteiger partial charge in [0.1, 0.15) is 0 Å². The average Bonchev–Trinajstić information content (AvgIpc) is 2.61. The van der Waals surface area contributed by atoms with Gasteiger partial charge in [-0.2, -0.15) is 0 Å². The number of unbranched alkanes of at least 4 members (excludes halogenated alkanes) is 16. The van der Waals surface area contributed by atoms with Crippen molar-refractivity contribution in [2.75, 3.05) is 19.6 Å². The summed E-state index contributed by atoms with van der Waals surface area (Å²) in [6, 6.07) is 0. The summed E-state index contributed by atoms with van der Waals surface area (Å²) < 4.78 is 0. The molecule has 0 atom stereocenters. The first kappa shape index (κ1) is 24.0. The summed E-state index contributed by atoms with van der Waals surface area (Å²) in [4.78, 5) is 2.55. The Bertz CT molecular complexity index is 210. The van der Waals surface area contributed by atoms with E-state index in [2.05, 4.69) is 25.7 Å². The van der Waals surface area contributed by atoms with Crippen molar-refractivity contribution in [3.8, 4) is 0 Å². The molecule has 0 radical (unpaired) electrons. The zero-order valence-corrected chi connectivity index (χ0v) is 17.6. The normalized spacial score (nSPS) is 11.5. The molecular weight excluding hydrogens is 290 g/mol. The Morgan fingerprint density at radius 3 is 0.958 bits per heavy atom. The summed E-state index contributed by atoms with van der Waals surface area (Å²) in [6.07, 6.45) is 24.9. The fourth-order valence-electron chi connectivity index (χ4n) is 3.60. The maximum absolute atomic E-state index is 2.55. The first-order chi connectivity index (χ1) is 11.8. The van der Waals surface area contributed by atoms with Gasteiger partial charge in [-0.25, -0.2) is 0 Å². The van der Waals surface area contributed by atoms with Gasteiger partial charge < -0.3 is 4.90 Å². The molecule has 0 unspecified atom stereocenters. The van der Waals surface area contributed by atoms with E-state index >= 15 is 0 Å². The number of nitrogens with zero attached hydrogens (tertiary/aromatic N) is 1. The van der Waals surface area contributed by atoms with E-state index in [0.717, 1.165) is 0 Å². The van der Waals surface area contributed by atoms with Gasteiger partial charge in [-0.05, 0) is 26.1 Å². The Morgan fingerprint density at radius 1 is 0.375 bits per heavy atom. The topological polar surface area (TPSA) is 3.24 Å². The Hall–Kier alpha value is -0.0400. The van der Waals surface area contributed by atoms with Gasteiger partial charge in [-0.15, -0.1) is 0 Å². The zero-order valence-electron chi connectivity index (χ0n) is 17.6. The van der Waals surface area contributed by atoms with Crippen LogP contribution < -0.4 is 0 Å². The second kappa shape index (κ2) is 21.0. The highest BCUT2D eigenvalue weighted by Crippen LogP contribution is 2.14. The molecule has 1 nitrogen and oxygen atoms in total. The summed E-state index contributed by atoms with van der Waals surface area (Å²) >= 11 is 0. The first-order valence-corrected chi connectivity index (χ1v) is 11.6. The lowest BCUT2D eigenvalue weighted by Crippen LogP contribution is -2.23. The van der Waals surface area contributed by atoms with Crippen LogP contribution in [-0.4, -0.2) is 24.5 Å². The van der Waals surface area contributed by atoms with Gasteiger partial charge in [-0.1, -0.05) is 124 Å². The fourth-order valence-corrected chi connectivity index (χ4v) is 3.60. The van der Waals surface area contributed by atoms with Crippen LogP contribution in [0, 0.1) is 0 Å². The molecule has 146 valence electrons. The number of rotatable bonds is 20. The minimum Gasteiger partial charge on any atom is -0.304 e. The van der Waals surface area contributed by atoms with E-state index in [-0.39, 0.29) is 0 Å². The van der Waals surface area contributed by atoms with Crippen LogP contribution in [0.15, 0.2) is 0 Å². The molecule has 0 spiro atoms.